The summed E-state index contributed by atoms with van der Waals surface area (Å²) in [5, 5.41) is 5.68. The number of piperazine rings is 1. The molecule has 1 aliphatic heterocycles. The number of halogens is 1. The van der Waals surface area contributed by atoms with Crippen molar-refractivity contribution in [2.45, 2.75) is 6.54 Å². The lowest BCUT2D eigenvalue weighted by Gasteiger charge is -2.28. The number of nitrogens with zero attached hydrogens (tertiary/aromatic N) is 1. The fourth-order valence-electron chi connectivity index (χ4n) is 2.39. The molecule has 0 spiro atoms. The van der Waals surface area contributed by atoms with Crippen LogP contribution in [0.3, 0.4) is 0 Å². The van der Waals surface area contributed by atoms with Gasteiger partial charge in [-0.2, -0.15) is 0 Å². The molecular formula is C16H16ClN3O2S. The van der Waals surface area contributed by atoms with Gasteiger partial charge in [-0.15, -0.1) is 11.3 Å². The average molecular weight is 350 g/mol. The Morgan fingerprint density at radius 2 is 2.04 bits per heavy atom. The van der Waals surface area contributed by atoms with Crippen molar-refractivity contribution in [1.82, 2.24) is 10.6 Å². The van der Waals surface area contributed by atoms with Gasteiger partial charge >= 0.3 is 0 Å². The summed E-state index contributed by atoms with van der Waals surface area (Å²) in [5.41, 5.74) is 2.02. The first-order chi connectivity index (χ1) is 11.1. The molecule has 1 fully saturated rings. The number of rotatable bonds is 4. The molecule has 1 aliphatic rings. The van der Waals surface area contributed by atoms with Gasteiger partial charge in [0.25, 0.3) is 5.91 Å². The second-order valence-corrected chi connectivity index (χ2v) is 6.94. The molecule has 7 heteroatoms. The molecule has 1 saturated heterocycles. The third kappa shape index (κ3) is 4.03. The lowest BCUT2D eigenvalue weighted by Crippen LogP contribution is -2.47. The second kappa shape index (κ2) is 7.02. The summed E-state index contributed by atoms with van der Waals surface area (Å²) < 4.78 is 0.602. The maximum atomic E-state index is 12.0. The van der Waals surface area contributed by atoms with Gasteiger partial charge in [0.1, 0.15) is 0 Å². The van der Waals surface area contributed by atoms with E-state index in [1.165, 1.54) is 11.3 Å². The topological polar surface area (TPSA) is 61.4 Å². The Kier molecular flexibility index (Phi) is 4.83. The first kappa shape index (κ1) is 15.8. The van der Waals surface area contributed by atoms with Gasteiger partial charge in [0.2, 0.25) is 5.91 Å². The summed E-state index contributed by atoms with van der Waals surface area (Å²) in [4.78, 5) is 26.0. The monoisotopic (exact) mass is 349 g/mol. The van der Waals surface area contributed by atoms with Crippen molar-refractivity contribution < 1.29 is 9.59 Å². The lowest BCUT2D eigenvalue weighted by atomic mass is 10.2. The van der Waals surface area contributed by atoms with Gasteiger partial charge in [0.05, 0.1) is 15.8 Å². The van der Waals surface area contributed by atoms with Gasteiger partial charge in [-0.1, -0.05) is 23.7 Å². The predicted molar refractivity (Wildman–Crippen MR) is 92.2 cm³/mol. The highest BCUT2D eigenvalue weighted by Crippen LogP contribution is 2.21. The quantitative estimate of drug-likeness (QED) is 0.890. The first-order valence-corrected chi connectivity index (χ1v) is 8.45. The van der Waals surface area contributed by atoms with Crippen molar-refractivity contribution >= 4 is 40.4 Å². The summed E-state index contributed by atoms with van der Waals surface area (Å²) in [6.07, 6.45) is 0. The molecule has 2 N–H and O–H groups in total. The maximum absolute atomic E-state index is 12.0. The zero-order chi connectivity index (χ0) is 16.2. The zero-order valence-corrected chi connectivity index (χ0v) is 13.9. The molecule has 0 unspecified atom stereocenters. The summed E-state index contributed by atoms with van der Waals surface area (Å²) in [6, 6.07) is 11.3. The van der Waals surface area contributed by atoms with E-state index in [1.807, 2.05) is 29.2 Å². The molecule has 23 heavy (non-hydrogen) atoms. The molecule has 0 saturated carbocycles. The van der Waals surface area contributed by atoms with Gasteiger partial charge < -0.3 is 15.5 Å². The lowest BCUT2D eigenvalue weighted by molar-refractivity contribution is -0.120. The molecule has 2 heterocycles. The van der Waals surface area contributed by atoms with E-state index in [1.54, 1.807) is 12.1 Å². The Balaban J connectivity index is 1.57. The minimum Gasteiger partial charge on any atom is -0.360 e. The number of hydrogen-bond acceptors (Lipinski definition) is 4. The van der Waals surface area contributed by atoms with E-state index >= 15 is 0 Å². The summed E-state index contributed by atoms with van der Waals surface area (Å²) in [5.74, 6) is -0.0825. The molecule has 0 atom stereocenters. The Bertz CT molecular complexity index is 714. The number of benzene rings is 1. The molecule has 1 aromatic heterocycles. The predicted octanol–water partition coefficient (Wildman–Crippen LogP) is 2.27. The molecule has 1 aromatic carbocycles. The molecule has 0 radical (unpaired) electrons. The number of amides is 2. The first-order valence-electron chi connectivity index (χ1n) is 7.26. The van der Waals surface area contributed by atoms with Gasteiger partial charge in [-0.05, 0) is 29.8 Å². The van der Waals surface area contributed by atoms with E-state index in [0.29, 0.717) is 28.8 Å². The van der Waals surface area contributed by atoms with Crippen LogP contribution in [0.4, 0.5) is 5.69 Å². The van der Waals surface area contributed by atoms with E-state index in [0.717, 1.165) is 17.8 Å². The fourth-order valence-corrected chi connectivity index (χ4v) is 3.35. The van der Waals surface area contributed by atoms with Crippen molar-refractivity contribution in [3.8, 4) is 0 Å². The standard InChI is InChI=1S/C16H16ClN3O2S/c17-14-6-5-13(23-14)16(22)19-9-11-1-3-12(4-2-11)20-8-7-18-15(21)10-20/h1-6H,7-10H2,(H,18,21)(H,19,22). The SMILES string of the molecule is O=C1CN(c2ccc(CNC(=O)c3ccc(Cl)s3)cc2)CCN1. The van der Waals surface area contributed by atoms with E-state index in [9.17, 15) is 9.59 Å². The number of hydrogen-bond donors (Lipinski definition) is 2. The number of thiophene rings is 1. The minimum atomic E-state index is -0.126. The van der Waals surface area contributed by atoms with Gasteiger partial charge in [-0.25, -0.2) is 0 Å². The molecule has 0 bridgehead atoms. The minimum absolute atomic E-state index is 0.0437. The third-order valence-corrected chi connectivity index (χ3v) is 4.82. The fraction of sp³-hybridized carbons (Fsp3) is 0.250. The van der Waals surface area contributed by atoms with Crippen LogP contribution >= 0.6 is 22.9 Å². The molecule has 2 aromatic rings. The van der Waals surface area contributed by atoms with Crippen LogP contribution in [0.1, 0.15) is 15.2 Å². The largest absolute Gasteiger partial charge is 0.360 e. The molecule has 120 valence electrons. The Hall–Kier alpha value is -2.05. The average Bonchev–Trinajstić information content (AvgIpc) is 3.00. The van der Waals surface area contributed by atoms with Gasteiger partial charge in [0, 0.05) is 25.3 Å². The van der Waals surface area contributed by atoms with Crippen LogP contribution < -0.4 is 15.5 Å². The third-order valence-electron chi connectivity index (χ3n) is 3.59. The van der Waals surface area contributed by atoms with Crippen LogP contribution in [0.5, 0.6) is 0 Å². The van der Waals surface area contributed by atoms with Crippen molar-refractivity contribution in [2.24, 2.45) is 0 Å². The Morgan fingerprint density at radius 3 is 2.70 bits per heavy atom. The Morgan fingerprint density at radius 1 is 1.26 bits per heavy atom. The smallest absolute Gasteiger partial charge is 0.261 e. The van der Waals surface area contributed by atoms with E-state index < -0.39 is 0 Å². The zero-order valence-electron chi connectivity index (χ0n) is 12.3. The molecule has 5 nitrogen and oxygen atoms in total. The van der Waals surface area contributed by atoms with Gasteiger partial charge in [-0.3, -0.25) is 9.59 Å². The molecular weight excluding hydrogens is 334 g/mol. The number of carbonyl (C=O) groups is 2. The van der Waals surface area contributed by atoms with Crippen molar-refractivity contribution in [3.63, 3.8) is 0 Å². The summed E-state index contributed by atoms with van der Waals surface area (Å²) in [7, 11) is 0. The van der Waals surface area contributed by atoms with Crippen LogP contribution in [0, 0.1) is 0 Å². The van der Waals surface area contributed by atoms with Crippen LogP contribution in [0.2, 0.25) is 4.34 Å². The molecule has 0 aliphatic carbocycles. The highest BCUT2D eigenvalue weighted by atomic mass is 35.5. The number of nitrogens with one attached hydrogen (secondary N) is 2. The second-order valence-electron chi connectivity index (χ2n) is 5.22. The van der Waals surface area contributed by atoms with E-state index in [-0.39, 0.29) is 11.8 Å². The van der Waals surface area contributed by atoms with Crippen LogP contribution in [0.25, 0.3) is 0 Å². The van der Waals surface area contributed by atoms with Crippen LogP contribution in [0.15, 0.2) is 36.4 Å². The summed E-state index contributed by atoms with van der Waals surface area (Å²) >= 11 is 7.09. The van der Waals surface area contributed by atoms with Crippen molar-refractivity contribution in [1.29, 1.82) is 0 Å². The highest BCUT2D eigenvalue weighted by Gasteiger charge is 2.16. The number of anilines is 1. The van der Waals surface area contributed by atoms with Crippen molar-refractivity contribution in [2.75, 3.05) is 24.5 Å². The normalized spacial score (nSPS) is 14.5. The highest BCUT2D eigenvalue weighted by molar-refractivity contribution is 7.17. The molecule has 3 rings (SSSR count). The summed E-state index contributed by atoms with van der Waals surface area (Å²) in [6.45, 7) is 2.31. The van der Waals surface area contributed by atoms with E-state index in [4.69, 9.17) is 11.6 Å². The number of carbonyl (C=O) groups excluding carboxylic acids is 2. The van der Waals surface area contributed by atoms with Crippen LogP contribution in [-0.4, -0.2) is 31.4 Å². The molecule has 2 amide bonds. The van der Waals surface area contributed by atoms with Crippen molar-refractivity contribution in [3.05, 3.63) is 51.2 Å². The maximum Gasteiger partial charge on any atom is 0.261 e. The Labute approximate surface area is 143 Å². The van der Waals surface area contributed by atoms with Gasteiger partial charge in [0.15, 0.2) is 0 Å². The van der Waals surface area contributed by atoms with Crippen LogP contribution in [-0.2, 0) is 11.3 Å². The van der Waals surface area contributed by atoms with E-state index in [2.05, 4.69) is 10.6 Å².